The van der Waals surface area contributed by atoms with E-state index < -0.39 is 5.79 Å². The minimum absolute atomic E-state index is 0.113. The summed E-state index contributed by atoms with van der Waals surface area (Å²) in [6.07, 6.45) is 3.33. The molecule has 3 aromatic rings. The van der Waals surface area contributed by atoms with Crippen LogP contribution in [0.1, 0.15) is 24.0 Å². The Kier molecular flexibility index (Phi) is 5.16. The Balaban J connectivity index is 1.22. The molecule has 2 aromatic carbocycles. The van der Waals surface area contributed by atoms with E-state index in [0.717, 1.165) is 33.9 Å². The maximum absolute atomic E-state index is 12.8. The number of fused-ring (bicyclic) bond motifs is 1. The number of piperidine rings is 1. The van der Waals surface area contributed by atoms with Crippen LogP contribution in [0.2, 0.25) is 0 Å². The highest BCUT2D eigenvalue weighted by Gasteiger charge is 2.41. The van der Waals surface area contributed by atoms with E-state index in [2.05, 4.69) is 0 Å². The molecule has 6 nitrogen and oxygen atoms in total. The summed E-state index contributed by atoms with van der Waals surface area (Å²) >= 11 is 0. The van der Waals surface area contributed by atoms with Crippen LogP contribution in [0.25, 0.3) is 11.3 Å². The zero-order valence-electron chi connectivity index (χ0n) is 17.5. The second-order valence-electron chi connectivity index (χ2n) is 8.01. The van der Waals surface area contributed by atoms with Gasteiger partial charge in [0.1, 0.15) is 17.3 Å². The summed E-state index contributed by atoms with van der Waals surface area (Å²) < 4.78 is 23.2. The first-order valence-electron chi connectivity index (χ1n) is 10.5. The van der Waals surface area contributed by atoms with Crippen molar-refractivity contribution < 1.29 is 23.4 Å². The zero-order valence-corrected chi connectivity index (χ0v) is 17.5. The largest absolute Gasteiger partial charge is 0.497 e. The summed E-state index contributed by atoms with van der Waals surface area (Å²) in [4.78, 5) is 14.7. The number of ether oxygens (including phenoxy) is 3. The van der Waals surface area contributed by atoms with Crippen molar-refractivity contribution in [3.63, 3.8) is 0 Å². The van der Waals surface area contributed by atoms with E-state index in [1.807, 2.05) is 59.5 Å². The Morgan fingerprint density at radius 1 is 1.10 bits per heavy atom. The SMILES string of the molecule is COc1cccc(CC(=O)N2CCC3(CC2)OCc2cc(-c4ccco4)ccc2O3)c1. The molecule has 1 amide bonds. The number of hydrogen-bond donors (Lipinski definition) is 0. The molecule has 1 spiro atoms. The zero-order chi connectivity index (χ0) is 21.3. The molecule has 0 radical (unpaired) electrons. The highest BCUT2D eigenvalue weighted by atomic mass is 16.7. The van der Waals surface area contributed by atoms with Crippen LogP contribution in [0.3, 0.4) is 0 Å². The lowest BCUT2D eigenvalue weighted by Crippen LogP contribution is -2.52. The summed E-state index contributed by atoms with van der Waals surface area (Å²) in [6.45, 7) is 1.72. The molecular weight excluding hydrogens is 394 g/mol. The second kappa shape index (κ2) is 8.12. The van der Waals surface area contributed by atoms with Gasteiger partial charge in [-0.25, -0.2) is 0 Å². The first-order chi connectivity index (χ1) is 15.1. The Morgan fingerprint density at radius 2 is 1.97 bits per heavy atom. The van der Waals surface area contributed by atoms with Gasteiger partial charge in [-0.15, -0.1) is 0 Å². The van der Waals surface area contributed by atoms with Crippen molar-refractivity contribution in [2.24, 2.45) is 0 Å². The summed E-state index contributed by atoms with van der Waals surface area (Å²) in [6, 6.07) is 17.5. The van der Waals surface area contributed by atoms with Crippen molar-refractivity contribution in [2.45, 2.75) is 31.7 Å². The van der Waals surface area contributed by atoms with Gasteiger partial charge in [0.2, 0.25) is 11.7 Å². The lowest BCUT2D eigenvalue weighted by atomic mass is 9.99. The number of methoxy groups -OCH3 is 1. The molecule has 0 N–H and O–H groups in total. The van der Waals surface area contributed by atoms with Crippen LogP contribution < -0.4 is 9.47 Å². The Hall–Kier alpha value is -3.25. The normalized spacial score (nSPS) is 17.1. The number of carbonyl (C=O) groups is 1. The Bertz CT molecular complexity index is 1070. The fraction of sp³-hybridized carbons (Fsp3) is 0.320. The standard InChI is InChI=1S/C25H25NO5/c1-28-21-5-2-4-18(14-21)15-24(27)26-11-9-25(10-12-26)30-17-20-16-19(7-8-23(20)31-25)22-6-3-13-29-22/h2-8,13-14,16H,9-12,15,17H2,1H3. The van der Waals surface area contributed by atoms with Crippen molar-refractivity contribution >= 4 is 5.91 Å². The lowest BCUT2D eigenvalue weighted by Gasteiger charge is -2.44. The molecule has 31 heavy (non-hydrogen) atoms. The van der Waals surface area contributed by atoms with Gasteiger partial charge < -0.3 is 23.5 Å². The quantitative estimate of drug-likeness (QED) is 0.626. The molecule has 6 heteroatoms. The van der Waals surface area contributed by atoms with Gasteiger partial charge in [0.05, 0.1) is 26.4 Å². The molecule has 1 fully saturated rings. The smallest absolute Gasteiger partial charge is 0.226 e. The molecule has 2 aliphatic rings. The number of likely N-dealkylation sites (tertiary alicyclic amines) is 1. The van der Waals surface area contributed by atoms with E-state index in [4.69, 9.17) is 18.6 Å². The van der Waals surface area contributed by atoms with Gasteiger partial charge in [-0.1, -0.05) is 12.1 Å². The van der Waals surface area contributed by atoms with Gasteiger partial charge in [0.25, 0.3) is 0 Å². The van der Waals surface area contributed by atoms with Gasteiger partial charge in [-0.05, 0) is 48.0 Å². The molecule has 0 unspecified atom stereocenters. The van der Waals surface area contributed by atoms with Crippen LogP contribution in [0.5, 0.6) is 11.5 Å². The molecule has 0 aliphatic carbocycles. The highest BCUT2D eigenvalue weighted by Crippen LogP contribution is 2.39. The third-order valence-corrected chi connectivity index (χ3v) is 6.02. The van der Waals surface area contributed by atoms with Crippen molar-refractivity contribution in [2.75, 3.05) is 20.2 Å². The summed E-state index contributed by atoms with van der Waals surface area (Å²) in [5, 5.41) is 0. The van der Waals surface area contributed by atoms with Crippen molar-refractivity contribution in [3.8, 4) is 22.8 Å². The molecule has 5 rings (SSSR count). The summed E-state index contributed by atoms with van der Waals surface area (Å²) in [5.74, 6) is 1.89. The molecule has 2 aliphatic heterocycles. The molecule has 3 heterocycles. The second-order valence-corrected chi connectivity index (χ2v) is 8.01. The highest BCUT2D eigenvalue weighted by molar-refractivity contribution is 5.79. The molecule has 0 atom stereocenters. The first-order valence-corrected chi connectivity index (χ1v) is 10.5. The maximum Gasteiger partial charge on any atom is 0.226 e. The predicted octanol–water partition coefficient (Wildman–Crippen LogP) is 4.43. The van der Waals surface area contributed by atoms with Crippen LogP contribution in [0.15, 0.2) is 65.3 Å². The lowest BCUT2D eigenvalue weighted by molar-refractivity contribution is -0.227. The molecule has 1 saturated heterocycles. The van der Waals surface area contributed by atoms with Gasteiger partial charge in [-0.3, -0.25) is 4.79 Å². The molecule has 1 aromatic heterocycles. The van der Waals surface area contributed by atoms with Crippen LogP contribution >= 0.6 is 0 Å². The molecular formula is C25H25NO5. The fourth-order valence-corrected chi connectivity index (χ4v) is 4.24. The average molecular weight is 419 g/mol. The first kappa shape index (κ1) is 19.7. The molecule has 0 saturated carbocycles. The van der Waals surface area contributed by atoms with Gasteiger partial charge in [0.15, 0.2) is 0 Å². The third-order valence-electron chi connectivity index (χ3n) is 6.02. The number of hydrogen-bond acceptors (Lipinski definition) is 5. The Labute approximate surface area is 181 Å². The van der Waals surface area contributed by atoms with E-state index in [1.165, 1.54) is 0 Å². The van der Waals surface area contributed by atoms with Crippen molar-refractivity contribution in [1.29, 1.82) is 0 Å². The predicted molar refractivity (Wildman–Crippen MR) is 115 cm³/mol. The van der Waals surface area contributed by atoms with Gasteiger partial charge in [-0.2, -0.15) is 0 Å². The van der Waals surface area contributed by atoms with E-state index in [1.54, 1.807) is 13.4 Å². The van der Waals surface area contributed by atoms with Crippen LogP contribution in [-0.4, -0.2) is 36.8 Å². The number of amides is 1. The van der Waals surface area contributed by atoms with E-state index >= 15 is 0 Å². The fourth-order valence-electron chi connectivity index (χ4n) is 4.24. The van der Waals surface area contributed by atoms with Crippen LogP contribution in [-0.2, 0) is 22.6 Å². The van der Waals surface area contributed by atoms with Crippen molar-refractivity contribution in [1.82, 2.24) is 4.90 Å². The third kappa shape index (κ3) is 4.03. The topological polar surface area (TPSA) is 61.1 Å². The van der Waals surface area contributed by atoms with E-state index in [9.17, 15) is 4.79 Å². The number of benzene rings is 2. The summed E-state index contributed by atoms with van der Waals surface area (Å²) in [5.41, 5.74) is 2.97. The minimum atomic E-state index is -0.661. The molecule has 160 valence electrons. The number of carbonyl (C=O) groups excluding carboxylic acids is 1. The minimum Gasteiger partial charge on any atom is -0.497 e. The summed E-state index contributed by atoms with van der Waals surface area (Å²) in [7, 11) is 1.63. The number of rotatable bonds is 4. The van der Waals surface area contributed by atoms with Gasteiger partial charge in [0, 0.05) is 37.1 Å². The Morgan fingerprint density at radius 3 is 2.74 bits per heavy atom. The van der Waals surface area contributed by atoms with Gasteiger partial charge >= 0.3 is 0 Å². The van der Waals surface area contributed by atoms with E-state index in [-0.39, 0.29) is 5.91 Å². The number of furan rings is 1. The monoisotopic (exact) mass is 419 g/mol. The van der Waals surface area contributed by atoms with E-state index in [0.29, 0.717) is 39.0 Å². The molecule has 0 bridgehead atoms. The average Bonchev–Trinajstić information content (AvgIpc) is 3.34. The van der Waals surface area contributed by atoms with Crippen LogP contribution in [0.4, 0.5) is 0 Å². The number of nitrogens with zero attached hydrogens (tertiary/aromatic N) is 1. The maximum atomic E-state index is 12.8. The van der Waals surface area contributed by atoms with Crippen molar-refractivity contribution in [3.05, 3.63) is 72.0 Å². The van der Waals surface area contributed by atoms with Crippen LogP contribution in [0, 0.1) is 0 Å².